The van der Waals surface area contributed by atoms with Crippen LogP contribution in [0.2, 0.25) is 0 Å². The molecule has 0 aliphatic heterocycles. The number of likely N-dealkylation sites (N-methyl/N-ethyl adjacent to an activating group) is 1. The molecule has 0 saturated carbocycles. The monoisotopic (exact) mass is 344 g/mol. The van der Waals surface area contributed by atoms with E-state index in [2.05, 4.69) is 5.32 Å². The first kappa shape index (κ1) is 18.4. The number of methoxy groups -OCH3 is 3. The van der Waals surface area contributed by atoms with Crippen LogP contribution in [0.4, 0.5) is 5.69 Å². The quantitative estimate of drug-likeness (QED) is 0.797. The van der Waals surface area contributed by atoms with Gasteiger partial charge in [0.1, 0.15) is 5.75 Å². The van der Waals surface area contributed by atoms with E-state index in [9.17, 15) is 4.79 Å². The Morgan fingerprint density at radius 2 is 1.64 bits per heavy atom. The number of nitrogens with one attached hydrogen (secondary N) is 1. The van der Waals surface area contributed by atoms with Crippen molar-refractivity contribution < 1.29 is 19.0 Å². The molecule has 0 atom stereocenters. The number of benzene rings is 2. The Morgan fingerprint density at radius 3 is 2.32 bits per heavy atom. The molecule has 25 heavy (non-hydrogen) atoms. The lowest BCUT2D eigenvalue weighted by Crippen LogP contribution is -2.34. The number of ether oxygens (including phenoxy) is 3. The van der Waals surface area contributed by atoms with E-state index in [-0.39, 0.29) is 12.5 Å². The molecule has 0 aromatic heterocycles. The van der Waals surface area contributed by atoms with Gasteiger partial charge in [0.15, 0.2) is 11.5 Å². The first-order chi connectivity index (χ1) is 12.1. The minimum Gasteiger partial charge on any atom is -0.495 e. The topological polar surface area (TPSA) is 60.0 Å². The summed E-state index contributed by atoms with van der Waals surface area (Å²) in [6.45, 7) is 0.645. The van der Waals surface area contributed by atoms with Crippen LogP contribution >= 0.6 is 0 Å². The number of carbonyl (C=O) groups excluding carboxylic acids is 1. The number of carbonyl (C=O) groups is 1. The van der Waals surface area contributed by atoms with Gasteiger partial charge in [-0.25, -0.2) is 0 Å². The molecular weight excluding hydrogens is 320 g/mol. The number of hydrogen-bond donors (Lipinski definition) is 1. The molecule has 0 spiro atoms. The summed E-state index contributed by atoms with van der Waals surface area (Å²) >= 11 is 0. The van der Waals surface area contributed by atoms with Gasteiger partial charge in [0.2, 0.25) is 5.91 Å². The van der Waals surface area contributed by atoms with Crippen LogP contribution in [-0.4, -0.2) is 40.8 Å². The van der Waals surface area contributed by atoms with E-state index in [4.69, 9.17) is 14.2 Å². The predicted octanol–water partition coefficient (Wildman–Crippen LogP) is 2.46. The Balaban J connectivity index is 1.94. The van der Waals surface area contributed by atoms with Crippen LogP contribution in [0.15, 0.2) is 42.5 Å². The van der Waals surface area contributed by atoms with Crippen LogP contribution in [0.1, 0.15) is 5.56 Å². The molecule has 0 bridgehead atoms. The second kappa shape index (κ2) is 8.82. The van der Waals surface area contributed by atoms with Crippen molar-refractivity contribution in [2.75, 3.05) is 39.8 Å². The zero-order valence-electron chi connectivity index (χ0n) is 15.0. The molecule has 1 N–H and O–H groups in total. The average molecular weight is 344 g/mol. The molecule has 2 aromatic rings. The summed E-state index contributed by atoms with van der Waals surface area (Å²) in [4.78, 5) is 14.1. The summed E-state index contributed by atoms with van der Waals surface area (Å²) in [5.41, 5.74) is 1.80. The maximum atomic E-state index is 12.2. The molecule has 0 aliphatic carbocycles. The van der Waals surface area contributed by atoms with Crippen LogP contribution < -0.4 is 24.4 Å². The van der Waals surface area contributed by atoms with E-state index >= 15 is 0 Å². The molecule has 0 saturated heterocycles. The first-order valence-electron chi connectivity index (χ1n) is 7.90. The molecule has 1 amide bonds. The number of para-hydroxylation sites is 2. The highest BCUT2D eigenvalue weighted by Crippen LogP contribution is 2.28. The summed E-state index contributed by atoms with van der Waals surface area (Å²) in [6, 6.07) is 13.2. The molecule has 2 aromatic carbocycles. The van der Waals surface area contributed by atoms with Crippen molar-refractivity contribution in [1.29, 1.82) is 0 Å². The summed E-state index contributed by atoms with van der Waals surface area (Å²) in [7, 11) is 6.65. The third-order valence-corrected chi connectivity index (χ3v) is 3.81. The standard InChI is InChI=1S/C19H24N2O4/c1-21(15-7-5-6-8-16(15)23-2)13-19(22)20-12-14-9-10-17(24-3)18(11-14)25-4/h5-11H,12-13H2,1-4H3,(H,20,22). The minimum absolute atomic E-state index is 0.0804. The molecule has 134 valence electrons. The number of nitrogens with zero attached hydrogens (tertiary/aromatic N) is 1. The number of amides is 1. The summed E-state index contributed by atoms with van der Waals surface area (Å²) < 4.78 is 15.8. The van der Waals surface area contributed by atoms with Gasteiger partial charge in [-0.05, 0) is 29.8 Å². The fourth-order valence-corrected chi connectivity index (χ4v) is 2.49. The predicted molar refractivity (Wildman–Crippen MR) is 97.7 cm³/mol. The van der Waals surface area contributed by atoms with Crippen molar-refractivity contribution in [3.8, 4) is 17.2 Å². The van der Waals surface area contributed by atoms with Crippen LogP contribution in [0.5, 0.6) is 17.2 Å². The van der Waals surface area contributed by atoms with Crippen LogP contribution in [0.3, 0.4) is 0 Å². The molecule has 0 unspecified atom stereocenters. The lowest BCUT2D eigenvalue weighted by molar-refractivity contribution is -0.119. The first-order valence-corrected chi connectivity index (χ1v) is 7.90. The van der Waals surface area contributed by atoms with Crippen LogP contribution in [0, 0.1) is 0 Å². The highest BCUT2D eigenvalue weighted by molar-refractivity contribution is 5.81. The van der Waals surface area contributed by atoms with Gasteiger partial charge in [-0.2, -0.15) is 0 Å². The van der Waals surface area contributed by atoms with Crippen LogP contribution in [0.25, 0.3) is 0 Å². The number of hydrogen-bond acceptors (Lipinski definition) is 5. The molecule has 0 heterocycles. The highest BCUT2D eigenvalue weighted by atomic mass is 16.5. The van der Waals surface area contributed by atoms with Gasteiger partial charge in [-0.1, -0.05) is 18.2 Å². The SMILES string of the molecule is COc1ccc(CNC(=O)CN(C)c2ccccc2OC)cc1OC. The molecule has 6 heteroatoms. The second-order valence-corrected chi connectivity index (χ2v) is 5.49. The van der Waals surface area contributed by atoms with Crippen molar-refractivity contribution in [1.82, 2.24) is 5.32 Å². The lowest BCUT2D eigenvalue weighted by Gasteiger charge is -2.21. The Morgan fingerprint density at radius 1 is 0.960 bits per heavy atom. The third-order valence-electron chi connectivity index (χ3n) is 3.81. The van der Waals surface area contributed by atoms with E-state index in [1.54, 1.807) is 21.3 Å². The molecule has 0 fully saturated rings. The molecule has 2 rings (SSSR count). The summed E-state index contributed by atoms with van der Waals surface area (Å²) in [5.74, 6) is 1.95. The van der Waals surface area contributed by atoms with Gasteiger partial charge in [-0.15, -0.1) is 0 Å². The van der Waals surface area contributed by atoms with Gasteiger partial charge in [-0.3, -0.25) is 4.79 Å². The van der Waals surface area contributed by atoms with Crippen molar-refractivity contribution >= 4 is 11.6 Å². The van der Waals surface area contributed by atoms with Crippen molar-refractivity contribution in [3.05, 3.63) is 48.0 Å². The number of anilines is 1. The fourth-order valence-electron chi connectivity index (χ4n) is 2.49. The van der Waals surface area contributed by atoms with Crippen molar-refractivity contribution in [3.63, 3.8) is 0 Å². The maximum absolute atomic E-state index is 12.2. The smallest absolute Gasteiger partial charge is 0.239 e. The Bertz CT molecular complexity index is 718. The highest BCUT2D eigenvalue weighted by Gasteiger charge is 2.12. The zero-order chi connectivity index (χ0) is 18.2. The zero-order valence-corrected chi connectivity index (χ0v) is 15.0. The van der Waals surface area contributed by atoms with E-state index < -0.39 is 0 Å². The molecule has 0 radical (unpaired) electrons. The van der Waals surface area contributed by atoms with Gasteiger partial charge in [0.05, 0.1) is 33.6 Å². The largest absolute Gasteiger partial charge is 0.495 e. The van der Waals surface area contributed by atoms with Gasteiger partial charge in [0.25, 0.3) is 0 Å². The van der Waals surface area contributed by atoms with Crippen molar-refractivity contribution in [2.45, 2.75) is 6.54 Å². The second-order valence-electron chi connectivity index (χ2n) is 5.49. The number of rotatable bonds is 8. The van der Waals surface area contributed by atoms with E-state index in [0.717, 1.165) is 17.0 Å². The lowest BCUT2D eigenvalue weighted by atomic mass is 10.2. The third kappa shape index (κ3) is 4.79. The maximum Gasteiger partial charge on any atom is 0.239 e. The molecule has 6 nitrogen and oxygen atoms in total. The Labute approximate surface area is 148 Å². The molecular formula is C19H24N2O4. The summed E-state index contributed by atoms with van der Waals surface area (Å²) in [5, 5.41) is 2.91. The fraction of sp³-hybridized carbons (Fsp3) is 0.316. The van der Waals surface area contributed by atoms with E-state index in [0.29, 0.717) is 18.0 Å². The van der Waals surface area contributed by atoms with Gasteiger partial charge < -0.3 is 24.4 Å². The minimum atomic E-state index is -0.0804. The van der Waals surface area contributed by atoms with E-state index in [1.165, 1.54) is 0 Å². The van der Waals surface area contributed by atoms with Crippen molar-refractivity contribution in [2.24, 2.45) is 0 Å². The van der Waals surface area contributed by atoms with E-state index in [1.807, 2.05) is 54.4 Å². The van der Waals surface area contributed by atoms with Crippen LogP contribution in [-0.2, 0) is 11.3 Å². The average Bonchev–Trinajstić information content (AvgIpc) is 2.65. The molecule has 0 aliphatic rings. The van der Waals surface area contributed by atoms with Gasteiger partial charge >= 0.3 is 0 Å². The Hall–Kier alpha value is -2.89. The normalized spacial score (nSPS) is 10.1. The van der Waals surface area contributed by atoms with Gasteiger partial charge in [0, 0.05) is 13.6 Å². The Kier molecular flexibility index (Phi) is 6.51. The summed E-state index contributed by atoms with van der Waals surface area (Å²) in [6.07, 6.45) is 0.